The molecule has 128 valence electrons. The van der Waals surface area contributed by atoms with E-state index in [0.29, 0.717) is 5.82 Å². The highest BCUT2D eigenvalue weighted by atomic mass is 32.2. The van der Waals surface area contributed by atoms with Gasteiger partial charge in [-0.05, 0) is 26.7 Å². The molecule has 0 saturated heterocycles. The number of nitrogens with zero attached hydrogens (tertiary/aromatic N) is 2. The molecule has 1 N–H and O–H groups in total. The molecule has 1 heterocycles. The molecule has 0 bridgehead atoms. The van der Waals surface area contributed by atoms with Crippen LogP contribution in [0.3, 0.4) is 0 Å². The van der Waals surface area contributed by atoms with Gasteiger partial charge in [0.2, 0.25) is 17.6 Å². The van der Waals surface area contributed by atoms with Gasteiger partial charge < -0.3 is 9.84 Å². The molecule has 1 aliphatic carbocycles. The van der Waals surface area contributed by atoms with Gasteiger partial charge in [0.25, 0.3) is 0 Å². The second-order valence-corrected chi connectivity index (χ2v) is 8.43. The van der Waals surface area contributed by atoms with Crippen LogP contribution in [0.25, 0.3) is 11.4 Å². The van der Waals surface area contributed by atoms with Crippen molar-refractivity contribution in [1.29, 1.82) is 0 Å². The van der Waals surface area contributed by atoms with Crippen molar-refractivity contribution in [2.45, 2.75) is 43.7 Å². The molecule has 2 aromatic rings. The summed E-state index contributed by atoms with van der Waals surface area (Å²) < 4.78 is 29.7. The van der Waals surface area contributed by atoms with Gasteiger partial charge in [-0.25, -0.2) is 8.42 Å². The Balaban J connectivity index is 1.70. The van der Waals surface area contributed by atoms with E-state index in [1.807, 2.05) is 31.2 Å². The van der Waals surface area contributed by atoms with Gasteiger partial charge >= 0.3 is 0 Å². The summed E-state index contributed by atoms with van der Waals surface area (Å²) in [6.07, 6.45) is 1.81. The summed E-state index contributed by atoms with van der Waals surface area (Å²) in [4.78, 5) is 16.1. The van der Waals surface area contributed by atoms with E-state index in [2.05, 4.69) is 15.5 Å². The maximum atomic E-state index is 12.3. The Morgan fingerprint density at radius 2 is 2.00 bits per heavy atom. The van der Waals surface area contributed by atoms with Crippen molar-refractivity contribution in [3.05, 3.63) is 35.7 Å². The van der Waals surface area contributed by atoms with Gasteiger partial charge in [0.1, 0.15) is 11.0 Å². The Kier molecular flexibility index (Phi) is 4.40. The average Bonchev–Trinajstić information content (AvgIpc) is 3.23. The van der Waals surface area contributed by atoms with Crippen LogP contribution in [-0.4, -0.2) is 35.8 Å². The van der Waals surface area contributed by atoms with Crippen molar-refractivity contribution < 1.29 is 17.7 Å². The Labute approximate surface area is 140 Å². The number of sulfone groups is 1. The van der Waals surface area contributed by atoms with Crippen LogP contribution in [0.15, 0.2) is 28.8 Å². The highest BCUT2D eigenvalue weighted by Crippen LogP contribution is 2.21. The first kappa shape index (κ1) is 16.6. The van der Waals surface area contributed by atoms with Crippen molar-refractivity contribution >= 4 is 15.7 Å². The number of rotatable bonds is 6. The van der Waals surface area contributed by atoms with Crippen LogP contribution < -0.4 is 5.32 Å². The van der Waals surface area contributed by atoms with Crippen LogP contribution in [0.1, 0.15) is 31.2 Å². The summed E-state index contributed by atoms with van der Waals surface area (Å²) in [5, 5.41) is 5.36. The molecule has 0 aliphatic heterocycles. The van der Waals surface area contributed by atoms with E-state index in [-0.39, 0.29) is 11.9 Å². The topological polar surface area (TPSA) is 102 Å². The fourth-order valence-corrected chi connectivity index (χ4v) is 3.25. The fourth-order valence-electron chi connectivity index (χ4n) is 2.14. The molecule has 1 amide bonds. The number of aromatic nitrogens is 2. The van der Waals surface area contributed by atoms with Gasteiger partial charge in [0.05, 0.1) is 0 Å². The predicted molar refractivity (Wildman–Crippen MR) is 87.7 cm³/mol. The summed E-state index contributed by atoms with van der Waals surface area (Å²) in [6.45, 7) is 3.34. The van der Waals surface area contributed by atoms with Crippen LogP contribution in [0.5, 0.6) is 0 Å². The molecule has 0 radical (unpaired) electrons. The van der Waals surface area contributed by atoms with E-state index in [1.165, 1.54) is 6.92 Å². The van der Waals surface area contributed by atoms with Crippen molar-refractivity contribution in [3.8, 4) is 11.4 Å². The fraction of sp³-hybridized carbons (Fsp3) is 0.438. The summed E-state index contributed by atoms with van der Waals surface area (Å²) >= 11 is 0. The molecule has 1 aromatic carbocycles. The number of aryl methyl sites for hydroxylation is 1. The molecule has 1 fully saturated rings. The normalized spacial score (nSPS) is 15.9. The molecule has 0 spiro atoms. The molecule has 8 heteroatoms. The van der Waals surface area contributed by atoms with Gasteiger partial charge in [-0.3, -0.25) is 4.79 Å². The molecular weight excluding hydrogens is 330 g/mol. The van der Waals surface area contributed by atoms with E-state index < -0.39 is 26.7 Å². The third-order valence-electron chi connectivity index (χ3n) is 3.93. The first-order chi connectivity index (χ1) is 11.3. The number of amides is 1. The largest absolute Gasteiger partial charge is 0.352 e. The second kappa shape index (κ2) is 6.35. The standard InChI is InChI=1S/C16H19N3O4S/c1-10-3-5-12(6-4-10)15-18-14(23-19-15)9-24(21,22)11(2)16(20)17-13-7-8-13/h3-6,11,13H,7-9H2,1-2H3,(H,17,20)/t11-/m0/s1. The monoisotopic (exact) mass is 349 g/mol. The second-order valence-electron chi connectivity index (χ2n) is 6.11. The number of carbonyl (C=O) groups excluding carboxylic acids is 1. The van der Waals surface area contributed by atoms with Crippen LogP contribution in [0, 0.1) is 6.92 Å². The summed E-state index contributed by atoms with van der Waals surface area (Å²) in [6, 6.07) is 7.61. The molecule has 3 rings (SSSR count). The van der Waals surface area contributed by atoms with E-state index >= 15 is 0 Å². The van der Waals surface area contributed by atoms with Crippen LogP contribution in [-0.2, 0) is 20.4 Å². The number of carbonyl (C=O) groups is 1. The lowest BCUT2D eigenvalue weighted by Crippen LogP contribution is -2.39. The minimum absolute atomic E-state index is 0.0170. The van der Waals surface area contributed by atoms with Crippen molar-refractivity contribution in [2.75, 3.05) is 0 Å². The van der Waals surface area contributed by atoms with E-state index in [9.17, 15) is 13.2 Å². The van der Waals surface area contributed by atoms with Crippen molar-refractivity contribution in [1.82, 2.24) is 15.5 Å². The minimum Gasteiger partial charge on any atom is -0.352 e. The smallest absolute Gasteiger partial charge is 0.242 e. The summed E-state index contributed by atoms with van der Waals surface area (Å²) in [5.74, 6) is -0.617. The lowest BCUT2D eigenvalue weighted by Gasteiger charge is -2.11. The number of hydrogen-bond donors (Lipinski definition) is 1. The van der Waals surface area contributed by atoms with Crippen LogP contribution in [0.4, 0.5) is 0 Å². The first-order valence-corrected chi connectivity index (χ1v) is 9.48. The minimum atomic E-state index is -3.71. The third-order valence-corrected chi connectivity index (χ3v) is 5.87. The number of benzene rings is 1. The quantitative estimate of drug-likeness (QED) is 0.850. The molecule has 7 nitrogen and oxygen atoms in total. The molecule has 24 heavy (non-hydrogen) atoms. The highest BCUT2D eigenvalue weighted by Gasteiger charge is 2.33. The predicted octanol–water partition coefficient (Wildman–Crippen LogP) is 1.63. The number of nitrogens with one attached hydrogen (secondary N) is 1. The summed E-state index contributed by atoms with van der Waals surface area (Å²) in [7, 11) is -3.71. The molecule has 0 unspecified atom stereocenters. The zero-order valence-corrected chi connectivity index (χ0v) is 14.3. The van der Waals surface area contributed by atoms with E-state index in [0.717, 1.165) is 24.0 Å². The van der Waals surface area contributed by atoms with Gasteiger partial charge in [-0.15, -0.1) is 0 Å². The van der Waals surface area contributed by atoms with Gasteiger partial charge in [-0.1, -0.05) is 35.0 Å². The molecule has 1 aliphatic rings. The summed E-state index contributed by atoms with van der Waals surface area (Å²) in [5.41, 5.74) is 1.84. The molecular formula is C16H19N3O4S. The lowest BCUT2D eigenvalue weighted by atomic mass is 10.1. The van der Waals surface area contributed by atoms with Crippen LogP contribution >= 0.6 is 0 Å². The zero-order chi connectivity index (χ0) is 17.3. The molecule has 1 atom stereocenters. The van der Waals surface area contributed by atoms with E-state index in [1.54, 1.807) is 0 Å². The third kappa shape index (κ3) is 3.81. The average molecular weight is 349 g/mol. The number of hydrogen-bond acceptors (Lipinski definition) is 6. The van der Waals surface area contributed by atoms with Gasteiger partial charge in [0.15, 0.2) is 9.84 Å². The van der Waals surface area contributed by atoms with Crippen LogP contribution in [0.2, 0.25) is 0 Å². The Morgan fingerprint density at radius 1 is 1.33 bits per heavy atom. The first-order valence-electron chi connectivity index (χ1n) is 7.77. The van der Waals surface area contributed by atoms with Gasteiger partial charge in [-0.2, -0.15) is 4.98 Å². The SMILES string of the molecule is Cc1ccc(-c2noc(CS(=O)(=O)[C@@H](C)C(=O)NC3CC3)n2)cc1. The zero-order valence-electron chi connectivity index (χ0n) is 13.5. The highest BCUT2D eigenvalue weighted by molar-refractivity contribution is 7.92. The van der Waals surface area contributed by atoms with E-state index in [4.69, 9.17) is 4.52 Å². The maximum Gasteiger partial charge on any atom is 0.242 e. The van der Waals surface area contributed by atoms with Gasteiger partial charge in [0, 0.05) is 11.6 Å². The molecule has 1 saturated carbocycles. The Bertz CT molecular complexity index is 838. The Morgan fingerprint density at radius 3 is 2.62 bits per heavy atom. The lowest BCUT2D eigenvalue weighted by molar-refractivity contribution is -0.120. The van der Waals surface area contributed by atoms with Crippen molar-refractivity contribution in [3.63, 3.8) is 0 Å². The Hall–Kier alpha value is -2.22. The van der Waals surface area contributed by atoms with Crippen molar-refractivity contribution in [2.24, 2.45) is 0 Å². The molecule has 1 aromatic heterocycles. The maximum absolute atomic E-state index is 12.3.